The highest BCUT2D eigenvalue weighted by atomic mass is 32.2. The van der Waals surface area contributed by atoms with Crippen LogP contribution in [0.15, 0.2) is 66.2 Å². The first kappa shape index (κ1) is 18.3. The summed E-state index contributed by atoms with van der Waals surface area (Å²) in [5.41, 5.74) is 3.39. The molecule has 0 aliphatic carbocycles. The van der Waals surface area contributed by atoms with Crippen LogP contribution in [0, 0.1) is 5.82 Å². The number of hydrogen-bond donors (Lipinski definition) is 2. The Hall–Kier alpha value is -3.06. The van der Waals surface area contributed by atoms with Gasteiger partial charge in [0.25, 0.3) is 5.91 Å². The van der Waals surface area contributed by atoms with Crippen molar-refractivity contribution in [2.75, 3.05) is 12.8 Å². The Balaban J connectivity index is 1.38. The van der Waals surface area contributed by atoms with E-state index in [0.717, 1.165) is 27.3 Å². The highest BCUT2D eigenvalue weighted by molar-refractivity contribution is 7.98. The standard InChI is InChI=1S/C21H19FN4OS/c1-28-21-24-10-11-26(21)17-5-2-14(3-6-17)20(27)23-9-8-15-13-25-19-12-16(22)4-7-18(15)19/h2-7,10-13,25H,8-9H2,1H3,(H,23,27). The fraction of sp³-hybridized carbons (Fsp3) is 0.143. The molecule has 5 nitrogen and oxygen atoms in total. The molecule has 28 heavy (non-hydrogen) atoms. The number of fused-ring (bicyclic) bond motifs is 1. The largest absolute Gasteiger partial charge is 0.361 e. The number of hydrogen-bond acceptors (Lipinski definition) is 3. The highest BCUT2D eigenvalue weighted by Gasteiger charge is 2.09. The van der Waals surface area contributed by atoms with Gasteiger partial charge in [-0.15, -0.1) is 0 Å². The molecule has 4 aromatic rings. The van der Waals surface area contributed by atoms with E-state index < -0.39 is 0 Å². The van der Waals surface area contributed by atoms with Gasteiger partial charge >= 0.3 is 0 Å². The zero-order valence-corrected chi connectivity index (χ0v) is 16.1. The smallest absolute Gasteiger partial charge is 0.251 e. The maximum atomic E-state index is 13.3. The summed E-state index contributed by atoms with van der Waals surface area (Å²) in [7, 11) is 0. The van der Waals surface area contributed by atoms with E-state index >= 15 is 0 Å². The lowest BCUT2D eigenvalue weighted by Gasteiger charge is -2.08. The second-order valence-corrected chi connectivity index (χ2v) is 7.11. The average Bonchev–Trinajstić information content (AvgIpc) is 3.34. The summed E-state index contributed by atoms with van der Waals surface area (Å²) >= 11 is 1.57. The molecule has 0 atom stereocenters. The van der Waals surface area contributed by atoms with Crippen LogP contribution in [0.4, 0.5) is 4.39 Å². The van der Waals surface area contributed by atoms with Crippen molar-refractivity contribution in [3.8, 4) is 5.69 Å². The first-order chi connectivity index (χ1) is 13.7. The molecule has 4 rings (SSSR count). The van der Waals surface area contributed by atoms with E-state index in [1.165, 1.54) is 12.1 Å². The number of H-pyrrole nitrogens is 1. The number of imidazole rings is 1. The molecule has 2 aromatic carbocycles. The van der Waals surface area contributed by atoms with Crippen LogP contribution in [0.1, 0.15) is 15.9 Å². The number of benzene rings is 2. The Morgan fingerprint density at radius 1 is 1.25 bits per heavy atom. The Kier molecular flexibility index (Phi) is 5.16. The Labute approximate surface area is 166 Å². The quantitative estimate of drug-likeness (QED) is 0.482. The van der Waals surface area contributed by atoms with Crippen molar-refractivity contribution in [2.24, 2.45) is 0 Å². The summed E-state index contributed by atoms with van der Waals surface area (Å²) in [6, 6.07) is 12.1. The van der Waals surface area contributed by atoms with Crippen LogP contribution in [0.25, 0.3) is 16.6 Å². The van der Waals surface area contributed by atoms with E-state index in [-0.39, 0.29) is 11.7 Å². The monoisotopic (exact) mass is 394 g/mol. The predicted molar refractivity (Wildman–Crippen MR) is 110 cm³/mol. The van der Waals surface area contributed by atoms with Crippen molar-refractivity contribution >= 4 is 28.6 Å². The lowest BCUT2D eigenvalue weighted by atomic mass is 10.1. The van der Waals surface area contributed by atoms with Crippen molar-refractivity contribution in [1.29, 1.82) is 0 Å². The second-order valence-electron chi connectivity index (χ2n) is 6.34. The van der Waals surface area contributed by atoms with Crippen LogP contribution in [0.5, 0.6) is 0 Å². The third-order valence-corrected chi connectivity index (χ3v) is 5.27. The first-order valence-corrected chi connectivity index (χ1v) is 10.1. The van der Waals surface area contributed by atoms with Gasteiger partial charge in [-0.05, 0) is 60.7 Å². The van der Waals surface area contributed by atoms with Crippen LogP contribution in [-0.2, 0) is 6.42 Å². The number of nitrogens with zero attached hydrogens (tertiary/aromatic N) is 2. The average molecular weight is 394 g/mol. The zero-order chi connectivity index (χ0) is 19.5. The predicted octanol–water partition coefficient (Wildman–Crippen LogP) is 4.19. The number of thioether (sulfide) groups is 1. The SMILES string of the molecule is CSc1nccn1-c1ccc(C(=O)NCCc2c[nH]c3cc(F)ccc23)cc1. The number of aromatic nitrogens is 3. The van der Waals surface area contributed by atoms with Gasteiger partial charge in [0.15, 0.2) is 5.16 Å². The normalized spacial score (nSPS) is 11.1. The van der Waals surface area contributed by atoms with E-state index in [1.807, 2.05) is 47.5 Å². The molecule has 0 radical (unpaired) electrons. The van der Waals surface area contributed by atoms with Crippen LogP contribution in [0.3, 0.4) is 0 Å². The first-order valence-electron chi connectivity index (χ1n) is 8.87. The van der Waals surface area contributed by atoms with Crippen molar-refractivity contribution in [3.63, 3.8) is 0 Å². The summed E-state index contributed by atoms with van der Waals surface area (Å²) in [5.74, 6) is -0.383. The molecule has 0 bridgehead atoms. The summed E-state index contributed by atoms with van der Waals surface area (Å²) < 4.78 is 15.2. The molecule has 7 heteroatoms. The minimum Gasteiger partial charge on any atom is -0.361 e. The topological polar surface area (TPSA) is 62.7 Å². The number of carbonyl (C=O) groups excluding carboxylic acids is 1. The fourth-order valence-electron chi connectivity index (χ4n) is 3.19. The van der Waals surface area contributed by atoms with Gasteiger partial charge in [0.2, 0.25) is 0 Å². The lowest BCUT2D eigenvalue weighted by molar-refractivity contribution is 0.0954. The third kappa shape index (κ3) is 3.66. The molecule has 0 aliphatic heterocycles. The van der Waals surface area contributed by atoms with Gasteiger partial charge in [0.1, 0.15) is 5.82 Å². The van der Waals surface area contributed by atoms with E-state index in [0.29, 0.717) is 18.5 Å². The Morgan fingerprint density at radius 3 is 2.86 bits per heavy atom. The number of rotatable bonds is 6. The maximum Gasteiger partial charge on any atom is 0.251 e. The summed E-state index contributed by atoms with van der Waals surface area (Å²) in [5, 5.41) is 4.82. The molecule has 0 unspecified atom stereocenters. The lowest BCUT2D eigenvalue weighted by Crippen LogP contribution is -2.25. The molecule has 1 amide bonds. The van der Waals surface area contributed by atoms with Gasteiger partial charge in [-0.2, -0.15) is 0 Å². The maximum absolute atomic E-state index is 13.3. The van der Waals surface area contributed by atoms with Crippen molar-refractivity contribution in [1.82, 2.24) is 19.9 Å². The molecule has 0 aliphatic rings. The fourth-order valence-corrected chi connectivity index (χ4v) is 3.72. The Morgan fingerprint density at radius 2 is 2.07 bits per heavy atom. The van der Waals surface area contributed by atoms with Gasteiger partial charge in [0, 0.05) is 47.3 Å². The number of carbonyl (C=O) groups is 1. The third-order valence-electron chi connectivity index (χ3n) is 4.61. The Bertz CT molecular complexity index is 1120. The van der Waals surface area contributed by atoms with E-state index in [4.69, 9.17) is 0 Å². The molecular weight excluding hydrogens is 375 g/mol. The number of halogens is 1. The minimum atomic E-state index is -0.266. The van der Waals surface area contributed by atoms with E-state index in [1.54, 1.807) is 24.0 Å². The molecule has 0 spiro atoms. The second kappa shape index (κ2) is 7.90. The van der Waals surface area contributed by atoms with Crippen LogP contribution in [0.2, 0.25) is 0 Å². The molecule has 0 fully saturated rings. The van der Waals surface area contributed by atoms with Crippen LogP contribution >= 0.6 is 11.8 Å². The minimum absolute atomic E-state index is 0.117. The molecule has 0 saturated carbocycles. The molecule has 2 aromatic heterocycles. The van der Waals surface area contributed by atoms with Gasteiger partial charge in [-0.3, -0.25) is 9.36 Å². The molecule has 0 saturated heterocycles. The van der Waals surface area contributed by atoms with Crippen molar-refractivity contribution < 1.29 is 9.18 Å². The van der Waals surface area contributed by atoms with Crippen LogP contribution < -0.4 is 5.32 Å². The summed E-state index contributed by atoms with van der Waals surface area (Å²) in [4.78, 5) is 19.8. The summed E-state index contributed by atoms with van der Waals surface area (Å²) in [6.45, 7) is 0.503. The number of amides is 1. The van der Waals surface area contributed by atoms with Crippen LogP contribution in [-0.4, -0.2) is 33.2 Å². The molecular formula is C21H19FN4OS. The summed E-state index contributed by atoms with van der Waals surface area (Å²) in [6.07, 6.45) is 8.16. The zero-order valence-electron chi connectivity index (χ0n) is 15.3. The highest BCUT2D eigenvalue weighted by Crippen LogP contribution is 2.20. The molecule has 142 valence electrons. The van der Waals surface area contributed by atoms with E-state index in [2.05, 4.69) is 15.3 Å². The van der Waals surface area contributed by atoms with Crippen molar-refractivity contribution in [2.45, 2.75) is 11.6 Å². The van der Waals surface area contributed by atoms with Crippen molar-refractivity contribution in [3.05, 3.63) is 78.0 Å². The number of aromatic amines is 1. The van der Waals surface area contributed by atoms with Gasteiger partial charge in [0.05, 0.1) is 0 Å². The molecule has 2 heterocycles. The van der Waals surface area contributed by atoms with Gasteiger partial charge in [-0.1, -0.05) is 11.8 Å². The van der Waals surface area contributed by atoms with Gasteiger partial charge in [-0.25, -0.2) is 9.37 Å². The molecule has 2 N–H and O–H groups in total. The van der Waals surface area contributed by atoms with Gasteiger partial charge < -0.3 is 10.3 Å². The van der Waals surface area contributed by atoms with E-state index in [9.17, 15) is 9.18 Å². The number of nitrogens with one attached hydrogen (secondary N) is 2.